The van der Waals surface area contributed by atoms with E-state index in [-0.39, 0.29) is 0 Å². The summed E-state index contributed by atoms with van der Waals surface area (Å²) in [4.78, 5) is 24.1. The fourth-order valence-corrected chi connectivity index (χ4v) is 1.05. The van der Waals surface area contributed by atoms with Gasteiger partial charge in [0, 0.05) is 0 Å². The van der Waals surface area contributed by atoms with Crippen molar-refractivity contribution < 1.29 is 9.59 Å². The Bertz CT molecular complexity index is 246. The standard InChI is InChI=1S/C5H4N2O2S/c8-2-4-1-6-5(10-4)7-3-9/h1-3H,(H,6,7,9). The predicted molar refractivity (Wildman–Crippen MR) is 37.2 cm³/mol. The molecule has 1 rings (SSSR count). The van der Waals surface area contributed by atoms with Crippen molar-refractivity contribution in [3.05, 3.63) is 11.1 Å². The van der Waals surface area contributed by atoms with E-state index in [4.69, 9.17) is 0 Å². The van der Waals surface area contributed by atoms with Crippen LogP contribution in [0.5, 0.6) is 0 Å². The monoisotopic (exact) mass is 156 g/mol. The van der Waals surface area contributed by atoms with Crippen LogP contribution in [-0.4, -0.2) is 17.7 Å². The fourth-order valence-electron chi connectivity index (χ4n) is 0.458. The van der Waals surface area contributed by atoms with Gasteiger partial charge in [-0.05, 0) is 0 Å². The number of rotatable bonds is 3. The highest BCUT2D eigenvalue weighted by Gasteiger charge is 1.97. The van der Waals surface area contributed by atoms with Crippen LogP contribution in [0.3, 0.4) is 0 Å². The van der Waals surface area contributed by atoms with Gasteiger partial charge in [-0.3, -0.25) is 9.59 Å². The summed E-state index contributed by atoms with van der Waals surface area (Å²) in [7, 11) is 0. The summed E-state index contributed by atoms with van der Waals surface area (Å²) >= 11 is 1.14. The molecule has 10 heavy (non-hydrogen) atoms. The van der Waals surface area contributed by atoms with Crippen LogP contribution in [0.15, 0.2) is 6.20 Å². The van der Waals surface area contributed by atoms with Crippen molar-refractivity contribution in [1.29, 1.82) is 0 Å². The predicted octanol–water partition coefficient (Wildman–Crippen LogP) is 0.524. The first-order valence-corrected chi connectivity index (χ1v) is 3.29. The van der Waals surface area contributed by atoms with E-state index >= 15 is 0 Å². The van der Waals surface area contributed by atoms with Gasteiger partial charge in [-0.2, -0.15) is 0 Å². The molecule has 1 aromatic heterocycles. The molecule has 5 heteroatoms. The highest BCUT2D eigenvalue weighted by Crippen LogP contribution is 2.14. The normalized spacial score (nSPS) is 8.80. The van der Waals surface area contributed by atoms with E-state index in [1.807, 2.05) is 0 Å². The summed E-state index contributed by atoms with van der Waals surface area (Å²) in [6, 6.07) is 0. The molecule has 1 aromatic rings. The third kappa shape index (κ3) is 1.38. The minimum Gasteiger partial charge on any atom is -0.305 e. The van der Waals surface area contributed by atoms with Crippen LogP contribution >= 0.6 is 11.3 Å². The largest absolute Gasteiger partial charge is 0.305 e. The van der Waals surface area contributed by atoms with Gasteiger partial charge in [0.2, 0.25) is 6.41 Å². The number of thiazole rings is 1. The molecular formula is C5H4N2O2S. The lowest BCUT2D eigenvalue weighted by Crippen LogP contribution is -1.90. The number of hydrogen-bond donors (Lipinski definition) is 1. The quantitative estimate of drug-likeness (QED) is 0.649. The maximum absolute atomic E-state index is 10.1. The lowest BCUT2D eigenvalue weighted by atomic mass is 10.6. The number of carbonyl (C=O) groups excluding carboxylic acids is 2. The summed E-state index contributed by atoms with van der Waals surface area (Å²) in [6.07, 6.45) is 2.62. The summed E-state index contributed by atoms with van der Waals surface area (Å²) < 4.78 is 0. The van der Waals surface area contributed by atoms with E-state index in [9.17, 15) is 9.59 Å². The summed E-state index contributed by atoms with van der Waals surface area (Å²) in [5, 5.41) is 2.77. The molecule has 0 aliphatic rings. The lowest BCUT2D eigenvalue weighted by molar-refractivity contribution is -0.105. The molecule has 0 atom stereocenters. The van der Waals surface area contributed by atoms with Gasteiger partial charge < -0.3 is 5.32 Å². The molecular weight excluding hydrogens is 152 g/mol. The Morgan fingerprint density at radius 2 is 2.40 bits per heavy atom. The number of aromatic nitrogens is 1. The summed E-state index contributed by atoms with van der Waals surface area (Å²) in [6.45, 7) is 0. The molecule has 0 aromatic carbocycles. The Balaban J connectivity index is 2.77. The molecule has 1 N–H and O–H groups in total. The van der Waals surface area contributed by atoms with Crippen molar-refractivity contribution in [1.82, 2.24) is 4.98 Å². The van der Waals surface area contributed by atoms with Crippen LogP contribution in [0.4, 0.5) is 5.13 Å². The number of hydrogen-bond acceptors (Lipinski definition) is 4. The summed E-state index contributed by atoms with van der Waals surface area (Å²) in [5.41, 5.74) is 0. The maximum atomic E-state index is 10.1. The van der Waals surface area contributed by atoms with Crippen molar-refractivity contribution >= 4 is 29.2 Å². The number of nitrogens with zero attached hydrogens (tertiary/aromatic N) is 1. The average molecular weight is 156 g/mol. The van der Waals surface area contributed by atoms with E-state index in [2.05, 4.69) is 10.3 Å². The number of nitrogens with one attached hydrogen (secondary N) is 1. The Hall–Kier alpha value is -1.23. The van der Waals surface area contributed by atoms with Crippen LogP contribution in [0.25, 0.3) is 0 Å². The topological polar surface area (TPSA) is 59.1 Å². The van der Waals surface area contributed by atoms with Crippen molar-refractivity contribution in [3.63, 3.8) is 0 Å². The smallest absolute Gasteiger partial charge is 0.213 e. The van der Waals surface area contributed by atoms with Gasteiger partial charge in [-0.25, -0.2) is 4.98 Å². The molecule has 0 saturated carbocycles. The molecule has 52 valence electrons. The molecule has 0 unspecified atom stereocenters. The SMILES string of the molecule is O=CNc1ncc(C=O)s1. The van der Waals surface area contributed by atoms with Crippen LogP contribution in [-0.2, 0) is 4.79 Å². The number of aldehydes is 1. The van der Waals surface area contributed by atoms with Crippen molar-refractivity contribution in [2.75, 3.05) is 5.32 Å². The molecule has 0 spiro atoms. The number of carbonyl (C=O) groups is 2. The van der Waals surface area contributed by atoms with Gasteiger partial charge >= 0.3 is 0 Å². The Labute approximate surface area is 60.9 Å². The second kappa shape index (κ2) is 3.07. The average Bonchev–Trinajstić information content (AvgIpc) is 2.37. The molecule has 1 amide bonds. The third-order valence-corrected chi connectivity index (χ3v) is 1.68. The van der Waals surface area contributed by atoms with Gasteiger partial charge in [-0.1, -0.05) is 11.3 Å². The Morgan fingerprint density at radius 3 is 2.90 bits per heavy atom. The van der Waals surface area contributed by atoms with Crippen molar-refractivity contribution in [2.45, 2.75) is 0 Å². The number of anilines is 1. The highest BCUT2D eigenvalue weighted by atomic mass is 32.1. The highest BCUT2D eigenvalue weighted by molar-refractivity contribution is 7.17. The van der Waals surface area contributed by atoms with Crippen molar-refractivity contribution in [2.24, 2.45) is 0 Å². The molecule has 1 heterocycles. The molecule has 0 radical (unpaired) electrons. The Kier molecular flexibility index (Phi) is 2.11. The zero-order chi connectivity index (χ0) is 7.40. The number of amides is 1. The third-order valence-electron chi connectivity index (χ3n) is 0.822. The molecule has 0 aliphatic heterocycles. The first kappa shape index (κ1) is 6.88. The molecule has 0 saturated heterocycles. The van der Waals surface area contributed by atoms with Crippen LogP contribution < -0.4 is 5.32 Å². The van der Waals surface area contributed by atoms with E-state index < -0.39 is 0 Å². The lowest BCUT2D eigenvalue weighted by Gasteiger charge is -1.83. The second-order valence-corrected chi connectivity index (χ2v) is 2.51. The summed E-state index contributed by atoms with van der Waals surface area (Å²) in [5.74, 6) is 0. The van der Waals surface area contributed by atoms with Gasteiger partial charge in [0.25, 0.3) is 0 Å². The molecule has 0 bridgehead atoms. The van der Waals surface area contributed by atoms with Gasteiger partial charge in [0.15, 0.2) is 11.4 Å². The van der Waals surface area contributed by atoms with Crippen molar-refractivity contribution in [3.8, 4) is 0 Å². The Morgan fingerprint density at radius 1 is 1.60 bits per heavy atom. The molecule has 0 fully saturated rings. The first-order chi connectivity index (χ1) is 4.86. The van der Waals surface area contributed by atoms with E-state index in [0.717, 1.165) is 11.3 Å². The first-order valence-electron chi connectivity index (χ1n) is 2.48. The molecule has 4 nitrogen and oxygen atoms in total. The van der Waals surface area contributed by atoms with Crippen LogP contribution in [0, 0.1) is 0 Å². The van der Waals surface area contributed by atoms with Crippen LogP contribution in [0.2, 0.25) is 0 Å². The van der Waals surface area contributed by atoms with E-state index in [1.165, 1.54) is 6.20 Å². The van der Waals surface area contributed by atoms with E-state index in [0.29, 0.717) is 22.7 Å². The van der Waals surface area contributed by atoms with Gasteiger partial charge in [0.05, 0.1) is 11.1 Å². The van der Waals surface area contributed by atoms with Gasteiger partial charge in [-0.15, -0.1) is 0 Å². The second-order valence-electron chi connectivity index (χ2n) is 1.45. The minimum atomic E-state index is 0.442. The van der Waals surface area contributed by atoms with E-state index in [1.54, 1.807) is 0 Å². The minimum absolute atomic E-state index is 0.442. The zero-order valence-corrected chi connectivity index (χ0v) is 5.72. The van der Waals surface area contributed by atoms with Crippen LogP contribution in [0.1, 0.15) is 9.67 Å². The maximum Gasteiger partial charge on any atom is 0.213 e. The zero-order valence-electron chi connectivity index (χ0n) is 4.90. The fraction of sp³-hybridized carbons (Fsp3) is 0. The molecule has 0 aliphatic carbocycles. The van der Waals surface area contributed by atoms with Gasteiger partial charge in [0.1, 0.15) is 0 Å².